The first kappa shape index (κ1) is 9.90. The zero-order valence-corrected chi connectivity index (χ0v) is 9.99. The minimum absolute atomic E-state index is 0.329. The maximum Gasteiger partial charge on any atom is 0.0856 e. The van der Waals surface area contributed by atoms with Crippen LogP contribution in [0.4, 0.5) is 0 Å². The molecule has 1 saturated heterocycles. The molecule has 1 atom stereocenters. The molecule has 0 amide bonds. The molecule has 0 aromatic carbocycles. The Morgan fingerprint density at radius 1 is 0.938 bits per heavy atom. The van der Waals surface area contributed by atoms with Crippen molar-refractivity contribution >= 4 is 0 Å². The molecule has 0 aromatic rings. The van der Waals surface area contributed by atoms with Gasteiger partial charge in [0.1, 0.15) is 0 Å². The van der Waals surface area contributed by atoms with Crippen molar-refractivity contribution in [3.05, 3.63) is 0 Å². The third-order valence-electron chi connectivity index (χ3n) is 6.06. The van der Waals surface area contributed by atoms with E-state index in [4.69, 9.17) is 0 Å². The van der Waals surface area contributed by atoms with Crippen LogP contribution >= 0.6 is 0 Å². The molecule has 2 N–H and O–H groups in total. The molecule has 90 valence electrons. The van der Waals surface area contributed by atoms with Crippen LogP contribution in [0.1, 0.15) is 44.9 Å². The van der Waals surface area contributed by atoms with Crippen molar-refractivity contribution in [2.75, 3.05) is 6.54 Å². The van der Waals surface area contributed by atoms with Gasteiger partial charge in [-0.2, -0.15) is 0 Å². The second kappa shape index (κ2) is 3.23. The van der Waals surface area contributed by atoms with Crippen molar-refractivity contribution in [2.45, 2.75) is 56.6 Å². The van der Waals surface area contributed by atoms with Gasteiger partial charge in [0.2, 0.25) is 0 Å². The van der Waals surface area contributed by atoms with E-state index in [1.807, 2.05) is 0 Å². The number of rotatable bonds is 1. The lowest BCUT2D eigenvalue weighted by Crippen LogP contribution is -2.65. The fraction of sp³-hybridized carbons (Fsp3) is 1.00. The molecule has 4 bridgehead atoms. The van der Waals surface area contributed by atoms with E-state index in [0.29, 0.717) is 17.9 Å². The minimum Gasteiger partial charge on any atom is -0.388 e. The maximum absolute atomic E-state index is 11.2. The van der Waals surface area contributed by atoms with Gasteiger partial charge in [0, 0.05) is 6.04 Å². The summed E-state index contributed by atoms with van der Waals surface area (Å²) in [4.78, 5) is 0. The third kappa shape index (κ3) is 1.15. The van der Waals surface area contributed by atoms with Crippen LogP contribution in [0.5, 0.6) is 0 Å². The molecule has 1 heterocycles. The first-order chi connectivity index (χ1) is 7.77. The van der Waals surface area contributed by atoms with E-state index in [2.05, 4.69) is 5.32 Å². The van der Waals surface area contributed by atoms with E-state index in [1.54, 1.807) is 0 Å². The Hall–Kier alpha value is -0.0800. The summed E-state index contributed by atoms with van der Waals surface area (Å²) in [5.41, 5.74) is -0.329. The fourth-order valence-corrected chi connectivity index (χ4v) is 5.59. The molecule has 16 heavy (non-hydrogen) atoms. The molecule has 0 aromatic heterocycles. The highest BCUT2D eigenvalue weighted by Gasteiger charge is 2.59. The van der Waals surface area contributed by atoms with E-state index in [-0.39, 0.29) is 5.60 Å². The fourth-order valence-electron chi connectivity index (χ4n) is 5.59. The van der Waals surface area contributed by atoms with E-state index >= 15 is 0 Å². The topological polar surface area (TPSA) is 32.3 Å². The first-order valence-electron chi connectivity index (χ1n) is 7.22. The minimum atomic E-state index is -0.329. The molecule has 5 fully saturated rings. The second-order valence-electron chi connectivity index (χ2n) is 6.84. The van der Waals surface area contributed by atoms with Crippen LogP contribution in [-0.2, 0) is 0 Å². The van der Waals surface area contributed by atoms with Gasteiger partial charge in [0.15, 0.2) is 0 Å². The largest absolute Gasteiger partial charge is 0.388 e. The summed E-state index contributed by atoms with van der Waals surface area (Å²) in [5.74, 6) is 3.17. The normalized spacial score (nSPS) is 59.4. The summed E-state index contributed by atoms with van der Waals surface area (Å²) in [6, 6.07) is 0.419. The van der Waals surface area contributed by atoms with Gasteiger partial charge in [-0.25, -0.2) is 0 Å². The Kier molecular flexibility index (Phi) is 2.00. The molecular weight excluding hydrogens is 198 g/mol. The number of hydrogen-bond donors (Lipinski definition) is 2. The molecule has 2 nitrogen and oxygen atoms in total. The van der Waals surface area contributed by atoms with Crippen molar-refractivity contribution in [3.63, 3.8) is 0 Å². The summed E-state index contributed by atoms with van der Waals surface area (Å²) >= 11 is 0. The van der Waals surface area contributed by atoms with Crippen molar-refractivity contribution < 1.29 is 5.11 Å². The number of nitrogens with one attached hydrogen (secondary N) is 1. The monoisotopic (exact) mass is 221 g/mol. The SMILES string of the molecule is OC1(C2CCCN2)C2CC3CC(C2)CC1C3. The lowest BCUT2D eigenvalue weighted by Gasteiger charge is -2.60. The summed E-state index contributed by atoms with van der Waals surface area (Å²) in [6.45, 7) is 1.12. The molecule has 2 heteroatoms. The predicted octanol–water partition coefficient (Wildman–Crippen LogP) is 1.93. The third-order valence-corrected chi connectivity index (χ3v) is 6.06. The van der Waals surface area contributed by atoms with Gasteiger partial charge >= 0.3 is 0 Å². The van der Waals surface area contributed by atoms with Crippen molar-refractivity contribution in [1.82, 2.24) is 5.32 Å². The standard InChI is InChI=1S/C14H23NO/c16-14(13-2-1-3-15-13)11-5-9-4-10(7-11)8-12(14)6-9/h9-13,15-16H,1-8H2. The van der Waals surface area contributed by atoms with Crippen molar-refractivity contribution in [1.29, 1.82) is 0 Å². The summed E-state index contributed by atoms with van der Waals surface area (Å²) < 4.78 is 0. The van der Waals surface area contributed by atoms with Crippen molar-refractivity contribution in [3.8, 4) is 0 Å². The van der Waals surface area contributed by atoms with Crippen LogP contribution in [0, 0.1) is 23.7 Å². The quantitative estimate of drug-likeness (QED) is 0.709. The van der Waals surface area contributed by atoms with Crippen molar-refractivity contribution in [2.24, 2.45) is 23.7 Å². The molecule has 4 saturated carbocycles. The zero-order valence-electron chi connectivity index (χ0n) is 9.99. The van der Waals surface area contributed by atoms with E-state index in [1.165, 1.54) is 44.9 Å². The smallest absolute Gasteiger partial charge is 0.0856 e. The highest BCUT2D eigenvalue weighted by atomic mass is 16.3. The number of aliphatic hydroxyl groups is 1. The highest BCUT2D eigenvalue weighted by Crippen LogP contribution is 2.59. The van der Waals surface area contributed by atoms with Crippen LogP contribution in [0.15, 0.2) is 0 Å². The molecular formula is C14H23NO. The summed E-state index contributed by atoms with van der Waals surface area (Å²) in [5, 5.41) is 14.8. The second-order valence-corrected chi connectivity index (χ2v) is 6.84. The van der Waals surface area contributed by atoms with Gasteiger partial charge in [0.25, 0.3) is 0 Å². The Balaban J connectivity index is 1.67. The Morgan fingerprint density at radius 2 is 1.56 bits per heavy atom. The maximum atomic E-state index is 11.2. The van der Waals surface area contributed by atoms with E-state index < -0.39 is 0 Å². The van der Waals surface area contributed by atoms with Crippen LogP contribution < -0.4 is 5.32 Å². The highest BCUT2D eigenvalue weighted by molar-refractivity contribution is 5.12. The Bertz CT molecular complexity index is 267. The van der Waals surface area contributed by atoms with Gasteiger partial charge in [-0.1, -0.05) is 0 Å². The zero-order chi connectivity index (χ0) is 10.8. The first-order valence-corrected chi connectivity index (χ1v) is 7.22. The van der Waals surface area contributed by atoms with Crippen LogP contribution in [0.2, 0.25) is 0 Å². The molecule has 5 rings (SSSR count). The van der Waals surface area contributed by atoms with Gasteiger partial charge in [-0.15, -0.1) is 0 Å². The molecule has 0 spiro atoms. The van der Waals surface area contributed by atoms with Gasteiger partial charge in [0.05, 0.1) is 5.60 Å². The average Bonchev–Trinajstić information content (AvgIpc) is 2.78. The average molecular weight is 221 g/mol. The van der Waals surface area contributed by atoms with Crippen LogP contribution in [-0.4, -0.2) is 23.3 Å². The lowest BCUT2D eigenvalue weighted by molar-refractivity contribution is -0.186. The molecule has 0 radical (unpaired) electrons. The lowest BCUT2D eigenvalue weighted by atomic mass is 9.48. The van der Waals surface area contributed by atoms with E-state index in [9.17, 15) is 5.11 Å². The summed E-state index contributed by atoms with van der Waals surface area (Å²) in [7, 11) is 0. The van der Waals surface area contributed by atoms with E-state index in [0.717, 1.165) is 18.4 Å². The molecule has 1 aliphatic heterocycles. The Morgan fingerprint density at radius 3 is 2.06 bits per heavy atom. The van der Waals surface area contributed by atoms with Gasteiger partial charge < -0.3 is 10.4 Å². The summed E-state index contributed by atoms with van der Waals surface area (Å²) in [6.07, 6.45) is 9.23. The van der Waals surface area contributed by atoms with Gasteiger partial charge in [-0.3, -0.25) is 0 Å². The molecule has 5 aliphatic rings. The van der Waals surface area contributed by atoms with Crippen LogP contribution in [0.3, 0.4) is 0 Å². The molecule has 1 unspecified atom stereocenters. The van der Waals surface area contributed by atoms with Crippen LogP contribution in [0.25, 0.3) is 0 Å². The molecule has 4 aliphatic carbocycles. The Labute approximate surface area is 97.8 Å². The predicted molar refractivity (Wildman–Crippen MR) is 63.0 cm³/mol. The number of hydrogen-bond acceptors (Lipinski definition) is 2. The van der Waals surface area contributed by atoms with Gasteiger partial charge in [-0.05, 0) is 75.2 Å².